The summed E-state index contributed by atoms with van der Waals surface area (Å²) in [6.45, 7) is 3.50. The Morgan fingerprint density at radius 1 is 1.19 bits per heavy atom. The Bertz CT molecular complexity index is 551. The summed E-state index contributed by atoms with van der Waals surface area (Å²) in [5.74, 6) is 0.621. The molecule has 0 radical (unpaired) electrons. The van der Waals surface area contributed by atoms with E-state index in [9.17, 15) is 0 Å². The highest BCUT2D eigenvalue weighted by Crippen LogP contribution is 2.21. The number of methoxy groups -OCH3 is 1. The zero-order valence-electron chi connectivity index (χ0n) is 12.9. The average molecular weight is 285 g/mol. The molecule has 0 saturated carbocycles. The van der Waals surface area contributed by atoms with E-state index >= 15 is 0 Å². The first-order valence-electron chi connectivity index (χ1n) is 7.10. The molecule has 1 heterocycles. The van der Waals surface area contributed by atoms with Gasteiger partial charge in [0.05, 0.1) is 7.11 Å². The van der Waals surface area contributed by atoms with Gasteiger partial charge in [-0.25, -0.2) is 4.98 Å². The smallest absolute Gasteiger partial charge is 0.212 e. The number of ether oxygens (including phenoxy) is 1. The van der Waals surface area contributed by atoms with Gasteiger partial charge in [-0.3, -0.25) is 4.90 Å². The van der Waals surface area contributed by atoms with Gasteiger partial charge in [0.15, 0.2) is 0 Å². The van der Waals surface area contributed by atoms with Gasteiger partial charge in [0.25, 0.3) is 0 Å². The molecule has 0 amide bonds. The molecule has 0 aliphatic rings. The van der Waals surface area contributed by atoms with Crippen LogP contribution in [0.4, 0.5) is 0 Å². The Labute approximate surface area is 126 Å². The van der Waals surface area contributed by atoms with E-state index in [0.29, 0.717) is 12.4 Å². The number of likely N-dealkylation sites (N-methyl/N-ethyl adjacent to an activating group) is 1. The molecule has 1 atom stereocenters. The van der Waals surface area contributed by atoms with Crippen LogP contribution in [-0.4, -0.2) is 30.6 Å². The number of rotatable bonds is 6. The summed E-state index contributed by atoms with van der Waals surface area (Å²) in [5, 5.41) is 0. The van der Waals surface area contributed by atoms with Crippen molar-refractivity contribution in [1.29, 1.82) is 0 Å². The molecule has 4 heteroatoms. The molecule has 0 bridgehead atoms. The predicted molar refractivity (Wildman–Crippen MR) is 85.2 cm³/mol. The monoisotopic (exact) mass is 285 g/mol. The molecule has 0 aliphatic heterocycles. The van der Waals surface area contributed by atoms with E-state index in [1.807, 2.05) is 18.3 Å². The standard InChI is InChI=1S/C17H23N3O/c1-13-4-6-14(7-5-13)12-20(2)16(10-18)15-8-9-17(21-3)19-11-15/h4-9,11,16H,10,12,18H2,1-3H3. The summed E-state index contributed by atoms with van der Waals surface area (Å²) in [5.41, 5.74) is 9.61. The molecule has 2 rings (SSSR count). The topological polar surface area (TPSA) is 51.4 Å². The van der Waals surface area contributed by atoms with Gasteiger partial charge in [-0.2, -0.15) is 0 Å². The largest absolute Gasteiger partial charge is 0.481 e. The Morgan fingerprint density at radius 3 is 2.43 bits per heavy atom. The molecule has 0 aliphatic carbocycles. The van der Waals surface area contributed by atoms with E-state index in [0.717, 1.165) is 12.1 Å². The first-order chi connectivity index (χ1) is 10.1. The molecule has 1 aromatic carbocycles. The van der Waals surface area contributed by atoms with E-state index in [1.165, 1.54) is 11.1 Å². The summed E-state index contributed by atoms with van der Waals surface area (Å²) in [4.78, 5) is 6.51. The molecule has 0 spiro atoms. The molecule has 2 aromatic rings. The Morgan fingerprint density at radius 2 is 1.90 bits per heavy atom. The maximum absolute atomic E-state index is 5.95. The van der Waals surface area contributed by atoms with Gasteiger partial charge in [0, 0.05) is 31.4 Å². The minimum atomic E-state index is 0.143. The number of benzene rings is 1. The van der Waals surface area contributed by atoms with Crippen LogP contribution in [0.15, 0.2) is 42.6 Å². The lowest BCUT2D eigenvalue weighted by atomic mass is 10.1. The molecule has 21 heavy (non-hydrogen) atoms. The maximum atomic E-state index is 5.95. The second-order valence-electron chi connectivity index (χ2n) is 5.29. The van der Waals surface area contributed by atoms with Crippen LogP contribution in [-0.2, 0) is 6.54 Å². The fourth-order valence-electron chi connectivity index (χ4n) is 2.37. The van der Waals surface area contributed by atoms with Crippen molar-refractivity contribution in [2.24, 2.45) is 5.73 Å². The second-order valence-corrected chi connectivity index (χ2v) is 5.29. The number of aryl methyl sites for hydroxylation is 1. The van der Waals surface area contributed by atoms with Crippen LogP contribution < -0.4 is 10.5 Å². The third kappa shape index (κ3) is 4.03. The van der Waals surface area contributed by atoms with Gasteiger partial charge in [0.2, 0.25) is 5.88 Å². The highest BCUT2D eigenvalue weighted by molar-refractivity contribution is 5.23. The third-order valence-electron chi connectivity index (χ3n) is 3.66. The van der Waals surface area contributed by atoms with Gasteiger partial charge in [-0.1, -0.05) is 35.9 Å². The van der Waals surface area contributed by atoms with E-state index < -0.39 is 0 Å². The highest BCUT2D eigenvalue weighted by atomic mass is 16.5. The van der Waals surface area contributed by atoms with Crippen molar-refractivity contribution >= 4 is 0 Å². The summed E-state index contributed by atoms with van der Waals surface area (Å²) < 4.78 is 5.09. The van der Waals surface area contributed by atoms with Crippen LogP contribution in [0.5, 0.6) is 5.88 Å². The van der Waals surface area contributed by atoms with Gasteiger partial charge >= 0.3 is 0 Å². The van der Waals surface area contributed by atoms with Gasteiger partial charge < -0.3 is 10.5 Å². The average Bonchev–Trinajstić information content (AvgIpc) is 2.51. The molecular weight excluding hydrogens is 262 g/mol. The van der Waals surface area contributed by atoms with E-state index in [4.69, 9.17) is 10.5 Å². The van der Waals surface area contributed by atoms with E-state index in [-0.39, 0.29) is 6.04 Å². The molecular formula is C17H23N3O. The van der Waals surface area contributed by atoms with Crippen LogP contribution in [0.3, 0.4) is 0 Å². The van der Waals surface area contributed by atoms with Crippen LogP contribution in [0.1, 0.15) is 22.7 Å². The minimum Gasteiger partial charge on any atom is -0.481 e. The lowest BCUT2D eigenvalue weighted by Crippen LogP contribution is -2.30. The van der Waals surface area contributed by atoms with Gasteiger partial charge in [-0.15, -0.1) is 0 Å². The van der Waals surface area contributed by atoms with Crippen LogP contribution in [0.2, 0.25) is 0 Å². The van der Waals surface area contributed by atoms with Crippen LogP contribution >= 0.6 is 0 Å². The number of hydrogen-bond acceptors (Lipinski definition) is 4. The molecule has 0 saturated heterocycles. The van der Waals surface area contributed by atoms with E-state index in [1.54, 1.807) is 7.11 Å². The van der Waals surface area contributed by atoms with Crippen molar-refractivity contribution in [3.8, 4) is 5.88 Å². The van der Waals surface area contributed by atoms with Crippen molar-refractivity contribution in [2.45, 2.75) is 19.5 Å². The fourth-order valence-corrected chi connectivity index (χ4v) is 2.37. The molecule has 4 nitrogen and oxygen atoms in total. The molecule has 1 unspecified atom stereocenters. The number of pyridine rings is 1. The van der Waals surface area contributed by atoms with Crippen LogP contribution in [0, 0.1) is 6.92 Å². The van der Waals surface area contributed by atoms with Crippen molar-refractivity contribution in [3.63, 3.8) is 0 Å². The first kappa shape index (κ1) is 15.5. The molecule has 1 aromatic heterocycles. The number of aromatic nitrogens is 1. The summed E-state index contributed by atoms with van der Waals surface area (Å²) >= 11 is 0. The Hall–Kier alpha value is -1.91. The normalized spacial score (nSPS) is 12.4. The van der Waals surface area contributed by atoms with Crippen LogP contribution in [0.25, 0.3) is 0 Å². The molecule has 2 N–H and O–H groups in total. The van der Waals surface area contributed by atoms with Gasteiger partial charge in [-0.05, 0) is 25.1 Å². The summed E-state index contributed by atoms with van der Waals surface area (Å²) in [7, 11) is 3.70. The minimum absolute atomic E-state index is 0.143. The van der Waals surface area contributed by atoms with Crippen molar-refractivity contribution in [2.75, 3.05) is 20.7 Å². The number of nitrogens with two attached hydrogens (primary N) is 1. The summed E-state index contributed by atoms with van der Waals surface area (Å²) in [6.07, 6.45) is 1.84. The zero-order valence-corrected chi connectivity index (χ0v) is 12.9. The number of nitrogens with zero attached hydrogens (tertiary/aromatic N) is 2. The van der Waals surface area contributed by atoms with E-state index in [2.05, 4.69) is 48.1 Å². The molecule has 0 fully saturated rings. The first-order valence-corrected chi connectivity index (χ1v) is 7.10. The Balaban J connectivity index is 2.09. The molecule has 112 valence electrons. The maximum Gasteiger partial charge on any atom is 0.212 e. The predicted octanol–water partition coefficient (Wildman–Crippen LogP) is 2.53. The zero-order chi connectivity index (χ0) is 15.2. The Kier molecular flexibility index (Phi) is 5.31. The number of hydrogen-bond donors (Lipinski definition) is 1. The fraction of sp³-hybridized carbons (Fsp3) is 0.353. The lowest BCUT2D eigenvalue weighted by Gasteiger charge is -2.27. The highest BCUT2D eigenvalue weighted by Gasteiger charge is 2.16. The van der Waals surface area contributed by atoms with Crippen molar-refractivity contribution in [3.05, 3.63) is 59.3 Å². The third-order valence-corrected chi connectivity index (χ3v) is 3.66. The van der Waals surface area contributed by atoms with Crippen molar-refractivity contribution in [1.82, 2.24) is 9.88 Å². The summed E-state index contributed by atoms with van der Waals surface area (Å²) in [6, 6.07) is 12.6. The second kappa shape index (κ2) is 7.20. The lowest BCUT2D eigenvalue weighted by molar-refractivity contribution is 0.241. The SMILES string of the molecule is COc1ccc(C(CN)N(C)Cc2ccc(C)cc2)cn1. The van der Waals surface area contributed by atoms with Crippen molar-refractivity contribution < 1.29 is 4.74 Å². The van der Waals surface area contributed by atoms with Gasteiger partial charge in [0.1, 0.15) is 0 Å². The quantitative estimate of drug-likeness (QED) is 0.886.